The SMILES string of the molecule is CC(C)c1nc(=O)n(CC(C)(C)C)c2ccccc12. The minimum atomic E-state index is -0.141. The van der Waals surface area contributed by atoms with Gasteiger partial charge in [0.1, 0.15) is 0 Å². The zero-order valence-corrected chi connectivity index (χ0v) is 12.4. The normalized spacial score (nSPS) is 12.3. The maximum atomic E-state index is 12.3. The molecule has 0 atom stereocenters. The third-order valence-electron chi connectivity index (χ3n) is 3.10. The molecule has 102 valence electrons. The molecule has 0 aliphatic heterocycles. The van der Waals surface area contributed by atoms with Crippen molar-refractivity contribution >= 4 is 10.9 Å². The summed E-state index contributed by atoms with van der Waals surface area (Å²) in [6.45, 7) is 11.2. The van der Waals surface area contributed by atoms with E-state index in [0.717, 1.165) is 16.6 Å². The molecule has 0 amide bonds. The number of aromatic nitrogens is 2. The van der Waals surface area contributed by atoms with Gasteiger partial charge in [0.2, 0.25) is 0 Å². The fraction of sp³-hybridized carbons (Fsp3) is 0.500. The summed E-state index contributed by atoms with van der Waals surface area (Å²) in [7, 11) is 0. The number of fused-ring (bicyclic) bond motifs is 1. The van der Waals surface area contributed by atoms with Crippen molar-refractivity contribution in [1.82, 2.24) is 9.55 Å². The molecule has 0 bridgehead atoms. The van der Waals surface area contributed by atoms with Gasteiger partial charge in [0, 0.05) is 11.9 Å². The molecular weight excluding hydrogens is 236 g/mol. The molecule has 3 nitrogen and oxygen atoms in total. The Morgan fingerprint density at radius 3 is 2.42 bits per heavy atom. The van der Waals surface area contributed by atoms with E-state index in [4.69, 9.17) is 0 Å². The highest BCUT2D eigenvalue weighted by atomic mass is 16.1. The van der Waals surface area contributed by atoms with E-state index in [2.05, 4.69) is 45.7 Å². The van der Waals surface area contributed by atoms with Gasteiger partial charge in [-0.05, 0) is 17.4 Å². The van der Waals surface area contributed by atoms with Crippen molar-refractivity contribution in [2.24, 2.45) is 5.41 Å². The van der Waals surface area contributed by atoms with Crippen LogP contribution < -0.4 is 5.69 Å². The third-order valence-corrected chi connectivity index (χ3v) is 3.10. The molecule has 0 aliphatic carbocycles. The molecule has 0 N–H and O–H groups in total. The summed E-state index contributed by atoms with van der Waals surface area (Å²) in [4.78, 5) is 16.6. The number of rotatable bonds is 2. The lowest BCUT2D eigenvalue weighted by Gasteiger charge is -2.22. The third kappa shape index (κ3) is 2.86. The summed E-state index contributed by atoms with van der Waals surface area (Å²) >= 11 is 0. The number of hydrogen-bond donors (Lipinski definition) is 0. The molecule has 0 fully saturated rings. The second-order valence-electron chi connectivity index (χ2n) is 6.60. The standard InChI is InChI=1S/C16H22N2O/c1-11(2)14-12-8-6-7-9-13(12)18(15(19)17-14)10-16(3,4)5/h6-9,11H,10H2,1-5H3. The number of benzene rings is 1. The molecule has 0 spiro atoms. The van der Waals surface area contributed by atoms with Crippen LogP contribution in [0.5, 0.6) is 0 Å². The van der Waals surface area contributed by atoms with Crippen LogP contribution in [0.15, 0.2) is 29.1 Å². The Morgan fingerprint density at radius 1 is 1.21 bits per heavy atom. The van der Waals surface area contributed by atoms with Crippen LogP contribution in [0.4, 0.5) is 0 Å². The molecule has 0 aliphatic rings. The first-order valence-electron chi connectivity index (χ1n) is 6.79. The smallest absolute Gasteiger partial charge is 0.291 e. The predicted molar refractivity (Wildman–Crippen MR) is 79.5 cm³/mol. The van der Waals surface area contributed by atoms with Gasteiger partial charge < -0.3 is 0 Å². The van der Waals surface area contributed by atoms with Crippen LogP contribution >= 0.6 is 0 Å². The van der Waals surface area contributed by atoms with E-state index >= 15 is 0 Å². The van der Waals surface area contributed by atoms with Crippen molar-refractivity contribution in [2.45, 2.75) is 47.1 Å². The lowest BCUT2D eigenvalue weighted by molar-refractivity contribution is 0.341. The van der Waals surface area contributed by atoms with Crippen molar-refractivity contribution < 1.29 is 0 Å². The lowest BCUT2D eigenvalue weighted by Crippen LogP contribution is -2.30. The quantitative estimate of drug-likeness (QED) is 0.825. The van der Waals surface area contributed by atoms with Crippen molar-refractivity contribution in [3.63, 3.8) is 0 Å². The Balaban J connectivity index is 2.76. The van der Waals surface area contributed by atoms with Crippen LogP contribution in [-0.4, -0.2) is 9.55 Å². The fourth-order valence-corrected chi connectivity index (χ4v) is 2.32. The van der Waals surface area contributed by atoms with Crippen LogP contribution in [0.25, 0.3) is 10.9 Å². The van der Waals surface area contributed by atoms with Gasteiger partial charge in [-0.15, -0.1) is 0 Å². The summed E-state index contributed by atoms with van der Waals surface area (Å²) in [5.74, 6) is 0.252. The number of hydrogen-bond acceptors (Lipinski definition) is 2. The van der Waals surface area contributed by atoms with Gasteiger partial charge in [0.15, 0.2) is 0 Å². The van der Waals surface area contributed by atoms with Crippen LogP contribution in [0, 0.1) is 5.41 Å². The van der Waals surface area contributed by atoms with E-state index < -0.39 is 0 Å². The molecule has 2 aromatic rings. The Bertz CT molecular complexity index is 648. The first-order valence-corrected chi connectivity index (χ1v) is 6.79. The summed E-state index contributed by atoms with van der Waals surface area (Å²) in [6.07, 6.45) is 0. The Hall–Kier alpha value is -1.64. The zero-order chi connectivity index (χ0) is 14.2. The van der Waals surface area contributed by atoms with E-state index in [0.29, 0.717) is 6.54 Å². The predicted octanol–water partition coefficient (Wildman–Crippen LogP) is 3.57. The summed E-state index contributed by atoms with van der Waals surface area (Å²) in [5, 5.41) is 1.08. The van der Waals surface area contributed by atoms with Gasteiger partial charge in [-0.3, -0.25) is 4.57 Å². The number of nitrogens with zero attached hydrogens (tertiary/aromatic N) is 2. The average Bonchev–Trinajstić information content (AvgIpc) is 2.31. The molecule has 3 heteroatoms. The summed E-state index contributed by atoms with van der Waals surface area (Å²) < 4.78 is 1.79. The van der Waals surface area contributed by atoms with Crippen LogP contribution in [0.3, 0.4) is 0 Å². The van der Waals surface area contributed by atoms with Crippen LogP contribution in [0.1, 0.15) is 46.2 Å². The molecule has 1 heterocycles. The van der Waals surface area contributed by atoms with Gasteiger partial charge in [-0.2, -0.15) is 4.98 Å². The van der Waals surface area contributed by atoms with E-state index in [1.54, 1.807) is 4.57 Å². The van der Waals surface area contributed by atoms with Crippen molar-refractivity contribution in [3.8, 4) is 0 Å². The number of para-hydroxylation sites is 1. The van der Waals surface area contributed by atoms with Gasteiger partial charge >= 0.3 is 5.69 Å². The Labute approximate surface area is 114 Å². The van der Waals surface area contributed by atoms with Crippen LogP contribution in [-0.2, 0) is 6.54 Å². The van der Waals surface area contributed by atoms with E-state index in [1.807, 2.05) is 18.2 Å². The second kappa shape index (κ2) is 4.80. The average molecular weight is 258 g/mol. The topological polar surface area (TPSA) is 34.9 Å². The monoisotopic (exact) mass is 258 g/mol. The zero-order valence-electron chi connectivity index (χ0n) is 12.4. The first-order chi connectivity index (χ1) is 8.79. The Kier molecular flexibility index (Phi) is 3.48. The van der Waals surface area contributed by atoms with Crippen molar-refractivity contribution in [1.29, 1.82) is 0 Å². The molecule has 0 saturated carbocycles. The minimum absolute atomic E-state index is 0.0492. The van der Waals surface area contributed by atoms with Gasteiger partial charge in [0.05, 0.1) is 11.2 Å². The molecule has 0 unspecified atom stereocenters. The highest BCUT2D eigenvalue weighted by Crippen LogP contribution is 2.24. The van der Waals surface area contributed by atoms with E-state index in [1.165, 1.54) is 0 Å². The molecule has 1 aromatic carbocycles. The minimum Gasteiger partial charge on any atom is -0.291 e. The fourth-order valence-electron chi connectivity index (χ4n) is 2.32. The maximum absolute atomic E-state index is 12.3. The molecular formula is C16H22N2O. The molecule has 0 radical (unpaired) electrons. The molecule has 0 saturated heterocycles. The molecule has 2 rings (SSSR count). The van der Waals surface area contributed by atoms with Gasteiger partial charge in [-0.1, -0.05) is 52.8 Å². The van der Waals surface area contributed by atoms with Gasteiger partial charge in [0.25, 0.3) is 0 Å². The molecule has 19 heavy (non-hydrogen) atoms. The highest BCUT2D eigenvalue weighted by Gasteiger charge is 2.17. The Morgan fingerprint density at radius 2 is 1.84 bits per heavy atom. The molecule has 1 aromatic heterocycles. The van der Waals surface area contributed by atoms with E-state index in [-0.39, 0.29) is 17.0 Å². The largest absolute Gasteiger partial charge is 0.348 e. The van der Waals surface area contributed by atoms with Crippen molar-refractivity contribution in [2.75, 3.05) is 0 Å². The highest BCUT2D eigenvalue weighted by molar-refractivity contribution is 5.81. The van der Waals surface area contributed by atoms with E-state index in [9.17, 15) is 4.79 Å². The second-order valence-corrected chi connectivity index (χ2v) is 6.60. The lowest BCUT2D eigenvalue weighted by atomic mass is 9.96. The maximum Gasteiger partial charge on any atom is 0.348 e. The van der Waals surface area contributed by atoms with Crippen LogP contribution in [0.2, 0.25) is 0 Å². The van der Waals surface area contributed by atoms with Gasteiger partial charge in [-0.25, -0.2) is 4.79 Å². The first kappa shape index (κ1) is 13.8. The van der Waals surface area contributed by atoms with Crippen molar-refractivity contribution in [3.05, 3.63) is 40.4 Å². The summed E-state index contributed by atoms with van der Waals surface area (Å²) in [5.41, 5.74) is 1.79. The summed E-state index contributed by atoms with van der Waals surface area (Å²) in [6, 6.07) is 8.04.